The Morgan fingerprint density at radius 2 is 0.837 bits per heavy atom. The van der Waals surface area contributed by atoms with E-state index in [1.165, 1.54) is 75.3 Å². The molecule has 4 aliphatic carbocycles. The van der Waals surface area contributed by atoms with Crippen LogP contribution in [0, 0.1) is 0 Å². The third kappa shape index (κ3) is 23.5. The van der Waals surface area contributed by atoms with Crippen molar-refractivity contribution in [1.29, 1.82) is 0 Å². The van der Waals surface area contributed by atoms with Crippen molar-refractivity contribution in [2.75, 3.05) is 21.1 Å². The van der Waals surface area contributed by atoms with Crippen LogP contribution in [0.2, 0.25) is 0 Å². The number of aliphatic imine (C=N–C) groups is 1. The second-order valence-corrected chi connectivity index (χ2v) is 32.4. The van der Waals surface area contributed by atoms with Crippen LogP contribution in [0.3, 0.4) is 0 Å². The van der Waals surface area contributed by atoms with Crippen molar-refractivity contribution in [2.24, 2.45) is 22.2 Å². The molecule has 0 heterocycles. The molecular formula is C72H124Cl2N8O4. The topological polar surface area (TPSA) is 199 Å². The van der Waals surface area contributed by atoms with Gasteiger partial charge in [-0.25, -0.2) is 9.67 Å². The van der Waals surface area contributed by atoms with Gasteiger partial charge in [0.15, 0.2) is 6.29 Å². The normalized spacial score (nSPS) is 23.4. The smallest absolute Gasteiger partial charge is 0.153 e. The zero-order valence-corrected chi connectivity index (χ0v) is 59.3. The van der Waals surface area contributed by atoms with Crippen LogP contribution < -0.4 is 26.9 Å². The molecule has 0 spiro atoms. The van der Waals surface area contributed by atoms with E-state index in [1.54, 1.807) is 6.07 Å². The molecule has 0 radical (unpaired) electrons. The second kappa shape index (κ2) is 33.1. The predicted octanol–water partition coefficient (Wildman–Crippen LogP) is 15.8. The molecule has 8 unspecified atom stereocenters. The number of halogens is 2. The van der Waals surface area contributed by atoms with E-state index in [0.29, 0.717) is 35.2 Å². The van der Waals surface area contributed by atoms with Gasteiger partial charge in [-0.05, 0) is 163 Å². The molecule has 3 aromatic carbocycles. The highest BCUT2D eigenvalue weighted by Gasteiger charge is 2.33. The number of rotatable bonds is 9. The average Bonchev–Trinajstić information content (AvgIpc) is 1.18. The number of likely N-dealkylation sites (N-methyl/N-ethyl adjacent to an activating group) is 2. The number of nitrogens with one attached hydrogen (secondary N) is 2. The van der Waals surface area contributed by atoms with Crippen molar-refractivity contribution < 1.29 is 20.1 Å². The summed E-state index contributed by atoms with van der Waals surface area (Å²) in [4.78, 5) is 26.2. The van der Waals surface area contributed by atoms with Crippen LogP contribution in [0.25, 0.3) is 0 Å². The molecule has 86 heavy (non-hydrogen) atoms. The molecule has 4 aliphatic rings. The van der Waals surface area contributed by atoms with Gasteiger partial charge in [0.1, 0.15) is 17.2 Å². The molecule has 0 saturated heterocycles. The number of aldehydes is 1. The first-order valence-corrected chi connectivity index (χ1v) is 33.3. The summed E-state index contributed by atoms with van der Waals surface area (Å²) in [6, 6.07) is 15.1. The summed E-state index contributed by atoms with van der Waals surface area (Å²) in [5, 5.41) is 32.0. The Kier molecular flexibility index (Phi) is 29.7. The Labute approximate surface area is 534 Å². The number of phenolic OH excluding ortho intramolecular Hbond substituents is 3. The van der Waals surface area contributed by atoms with Gasteiger partial charge in [0.05, 0.1) is 11.6 Å². The molecule has 0 bridgehead atoms. The van der Waals surface area contributed by atoms with Crippen LogP contribution in [0.4, 0.5) is 0 Å². The SMILES string of the molecule is CC(C)(C)c1cc(C=NC2CCCCC2NCl)c(O)c(C(C)(C)C)c1.CC(C)(C)c1cc(C=O)c(O)c(C(C)(C)C)c1.CN(C)C1CCCCC1N(C)Cc1cc(C(C)(C)C)cc(C(C)(C)C)c1O.NC1CCCCC1N.NC1CCCCC1NCl. The van der Waals surface area contributed by atoms with Crippen LogP contribution in [-0.2, 0) is 39.0 Å². The standard InChI is InChI=1S/C24H42N2O.C21H33ClN2O.C15H22O2.C6H13ClN2.C6H14N2/c1-23(2,3)18-14-17(22(27)19(15-18)24(4,5)6)16-26(9)21-13-11-10-12-20(21)25(7)8;1-20(2,3)15-11-14(19(25)16(12-15)21(4,5)6)13-23-17-9-7-8-10-18(17)24-22;1-14(2,3)11-7-10(9-16)13(17)12(8-11)15(4,5)6;7-9-6-4-2-1-3-5(6)8;7-5-3-1-2-4-6(5)8/h14-15,20-21,27H,10-13,16H2,1-9H3;11-13,17-18,24-25H,7-10H2,1-6H3;7-9,17H,1-6H3;5-6,9H,1-4,8H2;5-6H,1-4,7-8H2. The minimum absolute atomic E-state index is 0.0152. The number of nitrogens with two attached hydrogens (primary N) is 3. The summed E-state index contributed by atoms with van der Waals surface area (Å²) < 4.78 is 0. The summed E-state index contributed by atoms with van der Waals surface area (Å²) in [6.07, 6.45) is 21.7. The molecule has 4 saturated carbocycles. The first-order valence-electron chi connectivity index (χ1n) is 32.5. The number of carbonyl (C=O) groups excluding carboxylic acids is 1. The fraction of sp³-hybridized carbons (Fsp3) is 0.722. The maximum Gasteiger partial charge on any atom is 0.153 e. The monoisotopic (exact) mass is 1230 g/mol. The zero-order chi connectivity index (χ0) is 65.5. The van der Waals surface area contributed by atoms with Crippen LogP contribution in [0.15, 0.2) is 41.4 Å². The summed E-state index contributed by atoms with van der Waals surface area (Å²) >= 11 is 11.3. The third-order valence-electron chi connectivity index (χ3n) is 18.1. The summed E-state index contributed by atoms with van der Waals surface area (Å²) in [6.45, 7) is 39.5. The highest BCUT2D eigenvalue weighted by atomic mass is 35.5. The van der Waals surface area contributed by atoms with Gasteiger partial charge in [-0.2, -0.15) is 0 Å². The van der Waals surface area contributed by atoms with Gasteiger partial charge >= 0.3 is 0 Å². The Balaban J connectivity index is 0.000000301. The number of carbonyl (C=O) groups is 1. The van der Waals surface area contributed by atoms with Gasteiger partial charge in [0.2, 0.25) is 0 Å². The van der Waals surface area contributed by atoms with Crippen molar-refractivity contribution in [2.45, 2.75) is 315 Å². The maximum absolute atomic E-state index is 11.1. The van der Waals surface area contributed by atoms with Crippen molar-refractivity contribution in [1.82, 2.24) is 19.5 Å². The van der Waals surface area contributed by atoms with Crippen LogP contribution >= 0.6 is 23.6 Å². The number of hydrogen-bond donors (Lipinski definition) is 8. The molecular weight excluding hydrogens is 1110 g/mol. The van der Waals surface area contributed by atoms with Crippen LogP contribution in [-0.4, -0.2) is 107 Å². The van der Waals surface area contributed by atoms with E-state index >= 15 is 0 Å². The number of phenols is 3. The highest BCUT2D eigenvalue weighted by molar-refractivity contribution is 6.13. The van der Waals surface area contributed by atoms with E-state index in [2.05, 4.69) is 169 Å². The lowest BCUT2D eigenvalue weighted by molar-refractivity contribution is 0.0871. The summed E-state index contributed by atoms with van der Waals surface area (Å²) in [7, 11) is 6.63. The van der Waals surface area contributed by atoms with E-state index in [4.69, 9.17) is 45.7 Å². The summed E-state index contributed by atoms with van der Waals surface area (Å²) in [5.74, 6) is 0.940. The summed E-state index contributed by atoms with van der Waals surface area (Å²) in [5.41, 5.74) is 25.4. The minimum atomic E-state index is -0.177. The number of aromatic hydroxyl groups is 3. The molecule has 0 aromatic heterocycles. The van der Waals surface area contributed by atoms with Crippen LogP contribution in [0.5, 0.6) is 17.2 Å². The fourth-order valence-electron chi connectivity index (χ4n) is 12.0. The first-order chi connectivity index (χ1) is 39.6. The van der Waals surface area contributed by atoms with Gasteiger partial charge in [0, 0.05) is 77.3 Å². The van der Waals surface area contributed by atoms with Gasteiger partial charge in [-0.1, -0.05) is 200 Å². The number of hydrogen-bond acceptors (Lipinski definition) is 12. The Hall–Kier alpha value is -3.30. The van der Waals surface area contributed by atoms with Gasteiger partial charge in [-0.3, -0.25) is 14.7 Å². The van der Waals surface area contributed by atoms with Crippen LogP contribution in [0.1, 0.15) is 282 Å². The number of benzene rings is 3. The third-order valence-corrected chi connectivity index (χ3v) is 18.6. The molecule has 4 fully saturated rings. The zero-order valence-electron chi connectivity index (χ0n) is 57.8. The number of nitrogens with zero attached hydrogens (tertiary/aromatic N) is 3. The molecule has 490 valence electrons. The predicted molar refractivity (Wildman–Crippen MR) is 369 cm³/mol. The molecule has 14 heteroatoms. The minimum Gasteiger partial charge on any atom is -0.507 e. The van der Waals surface area contributed by atoms with Gasteiger partial charge < -0.3 is 37.4 Å². The lowest BCUT2D eigenvalue weighted by atomic mass is 9.78. The van der Waals surface area contributed by atoms with E-state index in [0.717, 1.165) is 84.7 Å². The van der Waals surface area contributed by atoms with Crippen molar-refractivity contribution in [3.8, 4) is 17.2 Å². The molecule has 3 aromatic rings. The quantitative estimate of drug-likeness (QED) is 0.0576. The van der Waals surface area contributed by atoms with Crippen molar-refractivity contribution in [3.05, 3.63) is 86.5 Å². The first kappa shape index (κ1) is 76.9. The maximum atomic E-state index is 11.1. The lowest BCUT2D eigenvalue weighted by Gasteiger charge is -2.41. The lowest BCUT2D eigenvalue weighted by Crippen LogP contribution is -2.49. The van der Waals surface area contributed by atoms with Gasteiger partial charge in [-0.15, -0.1) is 0 Å². The molecule has 8 atom stereocenters. The molecule has 12 nitrogen and oxygen atoms in total. The average molecular weight is 1240 g/mol. The fourth-order valence-corrected chi connectivity index (χ4v) is 12.5. The Bertz CT molecular complexity index is 2570. The molecule has 7 rings (SSSR count). The van der Waals surface area contributed by atoms with E-state index in [1.807, 2.05) is 33.1 Å². The van der Waals surface area contributed by atoms with E-state index in [9.17, 15) is 20.1 Å². The molecule has 11 N–H and O–H groups in total. The van der Waals surface area contributed by atoms with Crippen molar-refractivity contribution >= 4 is 36.1 Å². The van der Waals surface area contributed by atoms with Gasteiger partial charge in [0.25, 0.3) is 0 Å². The van der Waals surface area contributed by atoms with E-state index < -0.39 is 0 Å². The Morgan fingerprint density at radius 3 is 1.22 bits per heavy atom. The molecule has 0 amide bonds. The second-order valence-electron chi connectivity index (χ2n) is 32.0. The van der Waals surface area contributed by atoms with Crippen molar-refractivity contribution in [3.63, 3.8) is 0 Å². The van der Waals surface area contributed by atoms with E-state index in [-0.39, 0.29) is 68.4 Å². The molecule has 0 aliphatic heterocycles. The Morgan fingerprint density at radius 1 is 0.477 bits per heavy atom. The highest BCUT2D eigenvalue weighted by Crippen LogP contribution is 2.41. The largest absolute Gasteiger partial charge is 0.507 e.